The van der Waals surface area contributed by atoms with Crippen LogP contribution in [0.2, 0.25) is 0 Å². The van der Waals surface area contributed by atoms with Gasteiger partial charge in [0.1, 0.15) is 23.0 Å². The van der Waals surface area contributed by atoms with Crippen molar-refractivity contribution in [3.05, 3.63) is 102 Å². The van der Waals surface area contributed by atoms with Crippen LogP contribution >= 0.6 is 0 Å². The molecule has 0 bridgehead atoms. The van der Waals surface area contributed by atoms with E-state index in [9.17, 15) is 93.8 Å². The Kier molecular flexibility index (Phi) is 28.3. The number of alkyl halides is 17. The molecule has 0 aliphatic heterocycles. The Morgan fingerprint density at radius 3 is 1.14 bits per heavy atom. The van der Waals surface area contributed by atoms with E-state index in [-0.39, 0.29) is 65.6 Å². The fourth-order valence-corrected chi connectivity index (χ4v) is 7.71. The maximum Gasteiger partial charge on any atom is 0.462 e. The van der Waals surface area contributed by atoms with Gasteiger partial charge in [-0.25, -0.2) is 14.4 Å². The summed E-state index contributed by atoms with van der Waals surface area (Å²) in [6, 6.07) is 19.3. The van der Waals surface area contributed by atoms with Crippen LogP contribution in [0.25, 0.3) is 0 Å². The lowest BCUT2D eigenvalue weighted by Gasteiger charge is -2.40. The molecule has 0 N–H and O–H groups in total. The Morgan fingerprint density at radius 1 is 0.374 bits per heavy atom. The minimum Gasteiger partial charge on any atom is -0.494 e. The van der Waals surface area contributed by atoms with Gasteiger partial charge in [-0.1, -0.05) is 78.6 Å². The lowest BCUT2D eigenvalue weighted by atomic mass is 10.1. The summed E-state index contributed by atoms with van der Waals surface area (Å²) in [4.78, 5) is 51.6. The molecule has 0 aliphatic rings. The zero-order valence-corrected chi connectivity index (χ0v) is 49.1. The summed E-state index contributed by atoms with van der Waals surface area (Å²) < 4.78 is 276. The predicted molar refractivity (Wildman–Crippen MR) is 287 cm³/mol. The maximum absolute atomic E-state index is 14.7. The molecule has 0 amide bonds. The highest BCUT2D eigenvalue weighted by Crippen LogP contribution is 2.57. The number of hydrogen-bond donors (Lipinski definition) is 0. The highest BCUT2D eigenvalue weighted by Gasteiger charge is 2.85. The van der Waals surface area contributed by atoms with Crippen LogP contribution in [0.15, 0.2) is 84.9 Å². The highest BCUT2D eigenvalue weighted by atomic mass is 19.4. The Hall–Kier alpha value is -7.31. The quantitative estimate of drug-likeness (QED) is 0.0180. The number of halogens is 17. The van der Waals surface area contributed by atoms with Crippen molar-refractivity contribution < 1.29 is 141 Å². The number of carbonyl (C=O) groups is 4. The third-order valence-electron chi connectivity index (χ3n) is 12.8. The smallest absolute Gasteiger partial charge is 0.462 e. The molecule has 0 heterocycles. The van der Waals surface area contributed by atoms with Gasteiger partial charge in [-0.15, -0.1) is 0 Å². The third-order valence-corrected chi connectivity index (χ3v) is 12.8. The number of carbonyl (C=O) groups excluding carboxylic acids is 4. The zero-order chi connectivity index (χ0) is 67.9. The van der Waals surface area contributed by atoms with Gasteiger partial charge in [0, 0.05) is 6.42 Å². The van der Waals surface area contributed by atoms with Crippen LogP contribution < -0.4 is 33.2 Å². The molecule has 2 unspecified atom stereocenters. The third kappa shape index (κ3) is 22.2. The second-order valence-corrected chi connectivity index (χ2v) is 20.2. The summed E-state index contributed by atoms with van der Waals surface area (Å²) in [7, 11) is 0. The first-order valence-corrected chi connectivity index (χ1v) is 28.5. The summed E-state index contributed by atoms with van der Waals surface area (Å²) >= 11 is 0. The number of rotatable bonds is 39. The van der Waals surface area contributed by atoms with Gasteiger partial charge < -0.3 is 37.9 Å². The van der Waals surface area contributed by atoms with Gasteiger partial charge in [-0.2, -0.15) is 74.6 Å². The lowest BCUT2D eigenvalue weighted by Crippen LogP contribution is -2.67. The zero-order valence-electron chi connectivity index (χ0n) is 49.1. The van der Waals surface area contributed by atoms with E-state index >= 15 is 0 Å². The van der Waals surface area contributed by atoms with Crippen LogP contribution in [-0.4, -0.2) is 105 Å². The minimum absolute atomic E-state index is 0.0205. The van der Waals surface area contributed by atoms with Crippen LogP contribution in [0, 0.1) is 0 Å². The summed E-state index contributed by atoms with van der Waals surface area (Å²) in [5.41, 5.74) is 0.272. The average Bonchev–Trinajstić information content (AvgIpc) is 0.818. The van der Waals surface area contributed by atoms with Crippen molar-refractivity contribution in [3.63, 3.8) is 0 Å². The van der Waals surface area contributed by atoms with E-state index < -0.39 is 85.3 Å². The molecule has 4 rings (SSSR count). The van der Waals surface area contributed by atoms with Crippen LogP contribution in [0.4, 0.5) is 74.6 Å². The Balaban J connectivity index is 1.26. The van der Waals surface area contributed by atoms with E-state index in [0.29, 0.717) is 37.1 Å². The van der Waals surface area contributed by atoms with Crippen molar-refractivity contribution in [2.75, 3.05) is 33.0 Å². The van der Waals surface area contributed by atoms with E-state index in [2.05, 4.69) is 30.2 Å². The van der Waals surface area contributed by atoms with Crippen LogP contribution in [-0.2, 0) is 19.0 Å². The topological polar surface area (TPSA) is 161 Å². The molecule has 14 nitrogen and oxygen atoms in total. The summed E-state index contributed by atoms with van der Waals surface area (Å²) in [5, 5.41) is 0. The van der Waals surface area contributed by atoms with Crippen LogP contribution in [0.5, 0.6) is 40.2 Å². The molecule has 0 radical (unpaired) electrons. The van der Waals surface area contributed by atoms with Gasteiger partial charge in [0.25, 0.3) is 0 Å². The molecule has 31 heteroatoms. The molecule has 0 spiro atoms. The molecule has 2 atom stereocenters. The van der Waals surface area contributed by atoms with Crippen molar-refractivity contribution in [2.24, 2.45) is 0 Å². The van der Waals surface area contributed by atoms with E-state index in [4.69, 9.17) is 33.2 Å². The number of ether oxygens (including phenoxy) is 10. The highest BCUT2D eigenvalue weighted by molar-refractivity contribution is 5.94. The average molecular weight is 1330 g/mol. The Labute approximate surface area is 510 Å². The normalized spacial score (nSPS) is 13.8. The first-order valence-electron chi connectivity index (χ1n) is 28.5. The molecule has 508 valence electrons. The SMILES string of the molecule is CCCCCCOc1cc(C(=O)Oc2ccc(C(=O)Oc3ccc(OC(=O)c4ccc(OCCCCCC(=O)OCC(F)(OC(F)(F)C(F)(OC(F)(F)C(F)(F)C(F)(F)F)C(F)(F)F)C(F)(F)F)cc4)cc3)cc2)cc(OCCCCCC)c1OCCCCCC. The number of esters is 4. The van der Waals surface area contributed by atoms with Crippen LogP contribution in [0.1, 0.15) is 155 Å². The molecule has 4 aromatic carbocycles. The first kappa shape index (κ1) is 76.1. The second kappa shape index (κ2) is 33.8. The first-order chi connectivity index (χ1) is 42.5. The maximum atomic E-state index is 14.7. The number of benzene rings is 4. The van der Waals surface area contributed by atoms with Gasteiger partial charge in [0.05, 0.1) is 43.1 Å². The minimum atomic E-state index is -8.06. The van der Waals surface area contributed by atoms with Gasteiger partial charge in [-0.05, 0) is 123 Å². The van der Waals surface area contributed by atoms with Crippen molar-refractivity contribution in [1.29, 1.82) is 0 Å². The second-order valence-electron chi connectivity index (χ2n) is 20.2. The molecular weight excluding hydrogens is 1270 g/mol. The summed E-state index contributed by atoms with van der Waals surface area (Å²) in [5.74, 6) is -25.2. The van der Waals surface area contributed by atoms with Crippen molar-refractivity contribution in [1.82, 2.24) is 0 Å². The largest absolute Gasteiger partial charge is 0.494 e. The molecular formula is C60H65F17O14. The molecule has 0 fully saturated rings. The van der Waals surface area contributed by atoms with E-state index in [0.717, 1.165) is 77.0 Å². The molecule has 0 aromatic heterocycles. The Bertz CT molecular complexity index is 2890. The molecule has 0 saturated heterocycles. The molecule has 0 saturated carbocycles. The van der Waals surface area contributed by atoms with Gasteiger partial charge in [0.15, 0.2) is 18.1 Å². The van der Waals surface area contributed by atoms with Crippen molar-refractivity contribution >= 4 is 23.9 Å². The standard InChI is InChI=1S/C60H65F17O14/c1-4-7-10-15-33-83-46-36-41(37-47(84-34-16-11-8-5-2)49(46)85-35-17-12-9-6-3)52(81)89-43-26-22-40(23-27-43)51(80)88-45-30-28-44(29-31-45)87-50(79)39-20-24-42(25-21-39)82-32-18-13-14-19-48(78)86-38-53(61,56(65,66)67)90-60(76,77)55(64,58(71,72)73)91-59(74,75)54(62,63)57(68,69)70/h20-31,36-37H,4-19,32-35,38H2,1-3H3. The molecule has 4 aromatic rings. The molecule has 0 aliphatic carbocycles. The summed E-state index contributed by atoms with van der Waals surface area (Å²) in [6.45, 7) is 4.19. The number of unbranched alkanes of at least 4 members (excludes halogenated alkanes) is 11. The van der Waals surface area contributed by atoms with E-state index in [1.54, 1.807) is 12.1 Å². The van der Waals surface area contributed by atoms with E-state index in [1.165, 1.54) is 77.5 Å². The van der Waals surface area contributed by atoms with Crippen molar-refractivity contribution in [3.8, 4) is 40.2 Å². The molecule has 91 heavy (non-hydrogen) atoms. The van der Waals surface area contributed by atoms with E-state index in [1.807, 2.05) is 0 Å². The predicted octanol–water partition coefficient (Wildman–Crippen LogP) is 17.6. The van der Waals surface area contributed by atoms with Gasteiger partial charge >= 0.3 is 72.3 Å². The number of hydrogen-bond acceptors (Lipinski definition) is 14. The lowest BCUT2D eigenvalue weighted by molar-refractivity contribution is -0.552. The fourth-order valence-electron chi connectivity index (χ4n) is 7.71. The van der Waals surface area contributed by atoms with Crippen molar-refractivity contribution in [2.45, 2.75) is 172 Å². The van der Waals surface area contributed by atoms with Gasteiger partial charge in [0.2, 0.25) is 5.75 Å². The summed E-state index contributed by atoms with van der Waals surface area (Å²) in [6.07, 6.45) is -28.3. The van der Waals surface area contributed by atoms with Gasteiger partial charge in [-0.3, -0.25) is 14.3 Å². The Morgan fingerprint density at radius 2 is 0.747 bits per heavy atom. The monoisotopic (exact) mass is 1330 g/mol. The fraction of sp³-hybridized carbons (Fsp3) is 0.533. The van der Waals surface area contributed by atoms with Crippen LogP contribution in [0.3, 0.4) is 0 Å².